The molecule has 0 bridgehead atoms. The van der Waals surface area contributed by atoms with Gasteiger partial charge in [0.2, 0.25) is 0 Å². The van der Waals surface area contributed by atoms with E-state index in [4.69, 9.17) is 23.3 Å². The molecule has 0 amide bonds. The van der Waals surface area contributed by atoms with E-state index in [0.29, 0.717) is 19.3 Å². The number of unbranched alkanes of at least 4 members (excludes halogenated alkanes) is 24. The van der Waals surface area contributed by atoms with E-state index >= 15 is 0 Å². The number of aliphatic hydroxyl groups excluding tert-OH is 1. The molecule has 0 rings (SSSR count). The number of phosphoric acid groups is 1. The Kier molecular flexibility index (Phi) is 51.9. The minimum atomic E-state index is -4.75. The highest BCUT2D eigenvalue weighted by Gasteiger charge is 2.28. The Balaban J connectivity index is 4.75. The second-order valence-electron chi connectivity index (χ2n) is 19.0. The van der Waals surface area contributed by atoms with Gasteiger partial charge in [-0.15, -0.1) is 0 Å². The summed E-state index contributed by atoms with van der Waals surface area (Å²) >= 11 is 0. The lowest BCUT2D eigenvalue weighted by Gasteiger charge is -2.21. The Morgan fingerprint density at radius 3 is 1.11 bits per heavy atom. The van der Waals surface area contributed by atoms with Gasteiger partial charge in [-0.3, -0.25) is 23.4 Å². The highest BCUT2D eigenvalue weighted by Crippen LogP contribution is 2.43. The van der Waals surface area contributed by atoms with Crippen molar-refractivity contribution in [2.75, 3.05) is 26.4 Å². The minimum Gasteiger partial charge on any atom is -0.462 e. The molecule has 0 saturated heterocycles. The summed E-state index contributed by atoms with van der Waals surface area (Å²) in [6.07, 6.45) is 60.0. The molecule has 72 heavy (non-hydrogen) atoms. The fourth-order valence-electron chi connectivity index (χ4n) is 7.80. The van der Waals surface area contributed by atoms with Crippen LogP contribution in [-0.4, -0.2) is 66.5 Å². The zero-order valence-electron chi connectivity index (χ0n) is 45.9. The molecule has 416 valence electrons. The number of hydrogen-bond acceptors (Lipinski definition) is 10. The van der Waals surface area contributed by atoms with Gasteiger partial charge in [-0.1, -0.05) is 222 Å². The Morgan fingerprint density at radius 1 is 0.403 bits per heavy atom. The first-order valence-corrected chi connectivity index (χ1v) is 30.3. The van der Waals surface area contributed by atoms with E-state index in [1.165, 1.54) is 64.2 Å². The summed E-state index contributed by atoms with van der Waals surface area (Å²) < 4.78 is 39.5. The average molecular weight is 1030 g/mol. The molecule has 0 aliphatic heterocycles. The number of carbonyl (C=O) groups is 3. The number of rotatable bonds is 53. The van der Waals surface area contributed by atoms with Crippen LogP contribution in [0.2, 0.25) is 0 Å². The van der Waals surface area contributed by atoms with Gasteiger partial charge in [-0.05, 0) is 83.5 Å². The molecule has 3 atom stereocenters. The molecule has 2 N–H and O–H groups in total. The van der Waals surface area contributed by atoms with E-state index in [9.17, 15) is 28.9 Å². The van der Waals surface area contributed by atoms with Crippen molar-refractivity contribution >= 4 is 25.7 Å². The maximum absolute atomic E-state index is 12.9. The predicted molar refractivity (Wildman–Crippen MR) is 298 cm³/mol. The van der Waals surface area contributed by atoms with Crippen LogP contribution in [0.5, 0.6) is 0 Å². The third-order valence-corrected chi connectivity index (χ3v) is 13.1. The van der Waals surface area contributed by atoms with Crippen LogP contribution < -0.4 is 0 Å². The van der Waals surface area contributed by atoms with Crippen LogP contribution >= 0.6 is 7.82 Å². The van der Waals surface area contributed by atoms with Crippen LogP contribution in [0.4, 0.5) is 0 Å². The third-order valence-electron chi connectivity index (χ3n) is 12.1. The molecule has 11 nitrogen and oxygen atoms in total. The Hall–Kier alpha value is -3.08. The molecule has 0 aliphatic rings. The number of allylic oxidation sites excluding steroid dienone is 12. The zero-order chi connectivity index (χ0) is 52.7. The van der Waals surface area contributed by atoms with Crippen molar-refractivity contribution in [1.29, 1.82) is 0 Å². The normalized spacial score (nSPS) is 13.9. The molecular formula is C60H105O11P. The van der Waals surface area contributed by atoms with Gasteiger partial charge in [0.15, 0.2) is 6.10 Å². The van der Waals surface area contributed by atoms with E-state index in [0.717, 1.165) is 128 Å². The lowest BCUT2D eigenvalue weighted by atomic mass is 10.1. The number of phosphoric ester groups is 1. The fourth-order valence-corrected chi connectivity index (χ4v) is 8.58. The molecule has 0 radical (unpaired) electrons. The Morgan fingerprint density at radius 2 is 0.722 bits per heavy atom. The SMILES string of the molecule is CC/C=C\C/C=C\C/C=C\CCCCCCCCCC(=O)OCC(COP(=O)(O)OCC(CO)OC(=O)CCCCCCCCCCCCC)OC(=O)CCCCCCCCC/C=C\C/C=C\C/C=C\CC. The van der Waals surface area contributed by atoms with E-state index in [1.807, 2.05) is 0 Å². The largest absolute Gasteiger partial charge is 0.472 e. The summed E-state index contributed by atoms with van der Waals surface area (Å²) in [5.41, 5.74) is 0. The summed E-state index contributed by atoms with van der Waals surface area (Å²) in [5.74, 6) is -1.48. The number of esters is 3. The topological polar surface area (TPSA) is 155 Å². The molecule has 3 unspecified atom stereocenters. The standard InChI is InChI=1S/C60H105O11P/c1-4-7-10-13-16-19-22-24-26-28-30-32-35-37-40-43-46-49-58(62)67-53-57(71-60(64)51-48-45-42-39-36-33-31-29-27-25-23-20-17-14-11-8-5-2)55-69-72(65,66)68-54-56(52-61)70-59(63)50-47-44-41-38-34-21-18-15-12-9-6-3/h7-8,10-11,16-17,19-20,24-27,56-57,61H,4-6,9,12-15,18,21-23,28-55H2,1-3H3,(H,65,66)/b10-7-,11-8-,19-16-,20-17-,26-24-,27-25-. The van der Waals surface area contributed by atoms with Gasteiger partial charge >= 0.3 is 25.7 Å². The van der Waals surface area contributed by atoms with Gasteiger partial charge in [0.1, 0.15) is 12.7 Å². The van der Waals surface area contributed by atoms with E-state index < -0.39 is 57.8 Å². The van der Waals surface area contributed by atoms with Gasteiger partial charge in [-0.25, -0.2) is 4.57 Å². The molecular weight excluding hydrogens is 928 g/mol. The molecule has 0 spiro atoms. The first kappa shape index (κ1) is 68.9. The lowest BCUT2D eigenvalue weighted by Crippen LogP contribution is -2.30. The quantitative estimate of drug-likeness (QED) is 0.0197. The van der Waals surface area contributed by atoms with E-state index in [1.54, 1.807) is 0 Å². The summed E-state index contributed by atoms with van der Waals surface area (Å²) in [6, 6.07) is 0. The third kappa shape index (κ3) is 51.8. The first-order valence-electron chi connectivity index (χ1n) is 28.8. The van der Waals surface area contributed by atoms with Crippen molar-refractivity contribution < 1.29 is 52.2 Å². The maximum Gasteiger partial charge on any atom is 0.472 e. The molecule has 0 aliphatic carbocycles. The van der Waals surface area contributed by atoms with Crippen LogP contribution in [0.15, 0.2) is 72.9 Å². The van der Waals surface area contributed by atoms with Crippen LogP contribution in [0.1, 0.15) is 252 Å². The molecule has 12 heteroatoms. The van der Waals surface area contributed by atoms with E-state index in [-0.39, 0.29) is 25.9 Å². The second kappa shape index (κ2) is 54.2. The lowest BCUT2D eigenvalue weighted by molar-refractivity contribution is -0.161. The summed E-state index contributed by atoms with van der Waals surface area (Å²) in [4.78, 5) is 48.5. The Labute approximate surface area is 439 Å². The predicted octanol–water partition coefficient (Wildman–Crippen LogP) is 16.9. The molecule has 0 aromatic rings. The van der Waals surface area contributed by atoms with Gasteiger partial charge < -0.3 is 24.2 Å². The molecule has 0 saturated carbocycles. The van der Waals surface area contributed by atoms with Crippen LogP contribution in [0, 0.1) is 0 Å². The zero-order valence-corrected chi connectivity index (χ0v) is 46.8. The highest BCUT2D eigenvalue weighted by atomic mass is 31.2. The maximum atomic E-state index is 12.9. The smallest absolute Gasteiger partial charge is 0.462 e. The van der Waals surface area contributed by atoms with Crippen molar-refractivity contribution in [2.45, 2.75) is 264 Å². The van der Waals surface area contributed by atoms with Crippen molar-refractivity contribution in [3.8, 4) is 0 Å². The average Bonchev–Trinajstić information content (AvgIpc) is 3.37. The summed E-state index contributed by atoms with van der Waals surface area (Å²) in [5, 5.41) is 9.79. The molecule has 0 heterocycles. The summed E-state index contributed by atoms with van der Waals surface area (Å²) in [7, 11) is -4.75. The number of carbonyl (C=O) groups excluding carboxylic acids is 3. The second-order valence-corrected chi connectivity index (χ2v) is 20.5. The number of ether oxygens (including phenoxy) is 3. The van der Waals surface area contributed by atoms with Crippen LogP contribution in [0.3, 0.4) is 0 Å². The number of aliphatic hydroxyl groups is 1. The monoisotopic (exact) mass is 1030 g/mol. The van der Waals surface area contributed by atoms with Crippen molar-refractivity contribution in [1.82, 2.24) is 0 Å². The van der Waals surface area contributed by atoms with Crippen molar-refractivity contribution in [3.63, 3.8) is 0 Å². The van der Waals surface area contributed by atoms with Crippen LogP contribution in [0.25, 0.3) is 0 Å². The van der Waals surface area contributed by atoms with Crippen molar-refractivity contribution in [2.24, 2.45) is 0 Å². The highest BCUT2D eigenvalue weighted by molar-refractivity contribution is 7.47. The first-order chi connectivity index (χ1) is 35.2. The van der Waals surface area contributed by atoms with Crippen LogP contribution in [-0.2, 0) is 42.2 Å². The van der Waals surface area contributed by atoms with Crippen molar-refractivity contribution in [3.05, 3.63) is 72.9 Å². The van der Waals surface area contributed by atoms with Gasteiger partial charge in [0.05, 0.1) is 19.8 Å². The minimum absolute atomic E-state index is 0.153. The van der Waals surface area contributed by atoms with Gasteiger partial charge in [-0.2, -0.15) is 0 Å². The van der Waals surface area contributed by atoms with Gasteiger partial charge in [0, 0.05) is 19.3 Å². The summed E-state index contributed by atoms with van der Waals surface area (Å²) in [6.45, 7) is 4.41. The van der Waals surface area contributed by atoms with Gasteiger partial charge in [0.25, 0.3) is 0 Å². The Bertz CT molecular complexity index is 1490. The molecule has 0 aromatic carbocycles. The van der Waals surface area contributed by atoms with E-state index in [2.05, 4.69) is 93.7 Å². The fraction of sp³-hybridized carbons (Fsp3) is 0.750. The number of hydrogen-bond donors (Lipinski definition) is 2. The molecule has 0 aromatic heterocycles. The molecule has 0 fully saturated rings.